The molecule has 0 amide bonds. The fraction of sp³-hybridized carbons (Fsp3) is 0.412. The van der Waals surface area contributed by atoms with Crippen molar-refractivity contribution in [2.24, 2.45) is 0 Å². The maximum absolute atomic E-state index is 10.2. The fourth-order valence-corrected chi connectivity index (χ4v) is 2.96. The van der Waals surface area contributed by atoms with E-state index in [2.05, 4.69) is 24.1 Å². The van der Waals surface area contributed by atoms with Crippen molar-refractivity contribution in [2.45, 2.75) is 25.5 Å². The lowest BCUT2D eigenvalue weighted by Gasteiger charge is -2.21. The van der Waals surface area contributed by atoms with Crippen molar-refractivity contribution in [1.82, 2.24) is 4.90 Å². The summed E-state index contributed by atoms with van der Waals surface area (Å²) in [5.41, 5.74) is 1.00. The van der Waals surface area contributed by atoms with E-state index in [0.717, 1.165) is 43.5 Å². The molecule has 0 radical (unpaired) electrons. The number of benzene rings is 2. The number of aromatic hydroxyl groups is 1. The van der Waals surface area contributed by atoms with Gasteiger partial charge in [-0.05, 0) is 36.7 Å². The van der Waals surface area contributed by atoms with Gasteiger partial charge in [0.15, 0.2) is 0 Å². The largest absolute Gasteiger partial charge is 0.508 e. The second kappa shape index (κ2) is 5.81. The summed E-state index contributed by atoms with van der Waals surface area (Å²) in [5.74, 6) is 0.378. The summed E-state index contributed by atoms with van der Waals surface area (Å²) in [6, 6.07) is 12.0. The minimum atomic E-state index is 0.345. The van der Waals surface area contributed by atoms with E-state index in [-0.39, 0.29) is 0 Å². The Kier molecular flexibility index (Phi) is 3.90. The molecule has 3 heteroatoms. The lowest BCUT2D eigenvalue weighted by Crippen LogP contribution is -2.28. The van der Waals surface area contributed by atoms with E-state index >= 15 is 0 Å². The Bertz CT molecular complexity index is 591. The lowest BCUT2D eigenvalue weighted by atomic mass is 10.0. The highest BCUT2D eigenvalue weighted by Crippen LogP contribution is 2.28. The van der Waals surface area contributed by atoms with Gasteiger partial charge in [-0.25, -0.2) is 0 Å². The molecule has 1 atom stereocenters. The van der Waals surface area contributed by atoms with E-state index < -0.39 is 0 Å². The first-order valence-corrected chi connectivity index (χ1v) is 7.24. The van der Waals surface area contributed by atoms with E-state index in [1.54, 1.807) is 6.07 Å². The second-order valence-corrected chi connectivity index (χ2v) is 5.62. The monoisotopic (exact) mass is 271 g/mol. The topological polar surface area (TPSA) is 32.7 Å². The molecule has 3 rings (SSSR count). The number of fused-ring (bicyclic) bond motifs is 1. The molecule has 0 spiro atoms. The van der Waals surface area contributed by atoms with Crippen LogP contribution in [0.2, 0.25) is 0 Å². The zero-order valence-corrected chi connectivity index (χ0v) is 11.9. The van der Waals surface area contributed by atoms with Crippen molar-refractivity contribution in [2.75, 3.05) is 20.2 Å². The fourth-order valence-electron chi connectivity index (χ4n) is 2.96. The molecule has 1 saturated heterocycles. The van der Waals surface area contributed by atoms with Crippen LogP contribution < -0.4 is 0 Å². The smallest absolute Gasteiger partial charge is 0.120 e. The van der Waals surface area contributed by atoms with Crippen LogP contribution in [0.4, 0.5) is 0 Å². The quantitative estimate of drug-likeness (QED) is 0.927. The maximum atomic E-state index is 10.2. The molecular weight excluding hydrogens is 250 g/mol. The lowest BCUT2D eigenvalue weighted by molar-refractivity contribution is 0.0792. The second-order valence-electron chi connectivity index (χ2n) is 5.62. The number of hydrogen-bond acceptors (Lipinski definition) is 3. The highest BCUT2D eigenvalue weighted by Gasteiger charge is 2.18. The molecule has 1 unspecified atom stereocenters. The number of ether oxygens (including phenoxy) is 1. The molecule has 1 aliphatic heterocycles. The summed E-state index contributed by atoms with van der Waals surface area (Å²) in [6.45, 7) is 2.55. The molecule has 0 aliphatic carbocycles. The first-order chi connectivity index (χ1) is 9.74. The van der Waals surface area contributed by atoms with Crippen molar-refractivity contribution in [3.05, 3.63) is 42.0 Å². The van der Waals surface area contributed by atoms with E-state index in [9.17, 15) is 5.11 Å². The zero-order chi connectivity index (χ0) is 13.9. The van der Waals surface area contributed by atoms with Crippen LogP contribution in [-0.2, 0) is 11.3 Å². The molecule has 1 aliphatic rings. The molecule has 2 aromatic rings. The third-order valence-corrected chi connectivity index (χ3v) is 3.98. The van der Waals surface area contributed by atoms with Crippen LogP contribution in [0.1, 0.15) is 18.4 Å². The third kappa shape index (κ3) is 2.79. The van der Waals surface area contributed by atoms with Gasteiger partial charge in [0.25, 0.3) is 0 Å². The highest BCUT2D eigenvalue weighted by atomic mass is 16.5. The Morgan fingerprint density at radius 2 is 2.10 bits per heavy atom. The van der Waals surface area contributed by atoms with Crippen LogP contribution in [0.15, 0.2) is 36.4 Å². The van der Waals surface area contributed by atoms with Gasteiger partial charge >= 0.3 is 0 Å². The van der Waals surface area contributed by atoms with Gasteiger partial charge in [0, 0.05) is 25.3 Å². The van der Waals surface area contributed by atoms with Crippen LogP contribution in [0.3, 0.4) is 0 Å². The minimum absolute atomic E-state index is 0.345. The maximum Gasteiger partial charge on any atom is 0.120 e. The molecule has 20 heavy (non-hydrogen) atoms. The predicted octanol–water partition coefficient (Wildman–Crippen LogP) is 3.16. The summed E-state index contributed by atoms with van der Waals surface area (Å²) < 4.78 is 5.67. The zero-order valence-electron chi connectivity index (χ0n) is 11.9. The molecule has 106 valence electrons. The van der Waals surface area contributed by atoms with E-state index in [0.29, 0.717) is 11.9 Å². The van der Waals surface area contributed by atoms with Crippen LogP contribution in [0.25, 0.3) is 10.8 Å². The van der Waals surface area contributed by atoms with Gasteiger partial charge in [-0.3, -0.25) is 4.90 Å². The molecular formula is C17H21NO2. The summed E-state index contributed by atoms with van der Waals surface area (Å²) in [7, 11) is 2.09. The van der Waals surface area contributed by atoms with Gasteiger partial charge in [0.1, 0.15) is 5.75 Å². The molecule has 2 aromatic carbocycles. The van der Waals surface area contributed by atoms with Crippen LogP contribution in [0, 0.1) is 0 Å². The molecule has 0 saturated carbocycles. The molecule has 1 heterocycles. The van der Waals surface area contributed by atoms with Gasteiger partial charge in [0.05, 0.1) is 6.10 Å². The van der Waals surface area contributed by atoms with Crippen LogP contribution >= 0.6 is 0 Å². The number of hydrogen-bond donors (Lipinski definition) is 1. The first-order valence-electron chi connectivity index (χ1n) is 7.24. The molecule has 0 aromatic heterocycles. The number of nitrogens with zero attached hydrogens (tertiary/aromatic N) is 1. The highest BCUT2D eigenvalue weighted by molar-refractivity contribution is 5.87. The molecule has 3 nitrogen and oxygen atoms in total. The van der Waals surface area contributed by atoms with Gasteiger partial charge < -0.3 is 9.84 Å². The number of rotatable bonds is 4. The number of phenols is 1. The molecule has 1 fully saturated rings. The Hall–Kier alpha value is -1.58. The standard InChI is InChI=1S/C17H21NO2/c1-18(11-14-6-4-10-20-14)12-16-15-7-3-2-5-13(15)8-9-17(16)19/h2-3,5,7-9,14,19H,4,6,10-12H2,1H3. The average Bonchev–Trinajstić information content (AvgIpc) is 2.95. The van der Waals surface area contributed by atoms with E-state index in [4.69, 9.17) is 4.74 Å². The SMILES string of the molecule is CN(Cc1c(O)ccc2ccccc12)CC1CCCO1. The Labute approximate surface area is 119 Å². The Balaban J connectivity index is 1.80. The first kappa shape index (κ1) is 13.4. The minimum Gasteiger partial charge on any atom is -0.508 e. The summed E-state index contributed by atoms with van der Waals surface area (Å²) in [6.07, 6.45) is 2.65. The Morgan fingerprint density at radius 3 is 2.90 bits per heavy atom. The number of phenolic OH excluding ortho intramolecular Hbond substituents is 1. The van der Waals surface area contributed by atoms with Crippen LogP contribution in [0.5, 0.6) is 5.75 Å². The van der Waals surface area contributed by atoms with Crippen molar-refractivity contribution in [3.8, 4) is 5.75 Å². The van der Waals surface area contributed by atoms with Crippen molar-refractivity contribution in [1.29, 1.82) is 0 Å². The summed E-state index contributed by atoms with van der Waals surface area (Å²) in [5, 5.41) is 12.5. The Morgan fingerprint density at radius 1 is 1.25 bits per heavy atom. The van der Waals surface area contributed by atoms with Gasteiger partial charge in [-0.2, -0.15) is 0 Å². The predicted molar refractivity (Wildman–Crippen MR) is 80.9 cm³/mol. The van der Waals surface area contributed by atoms with Crippen molar-refractivity contribution >= 4 is 10.8 Å². The summed E-state index contributed by atoms with van der Waals surface area (Å²) in [4.78, 5) is 2.23. The van der Waals surface area contributed by atoms with Gasteiger partial charge in [-0.15, -0.1) is 0 Å². The molecule has 1 N–H and O–H groups in total. The average molecular weight is 271 g/mol. The number of likely N-dealkylation sites (N-methyl/N-ethyl adjacent to an activating group) is 1. The van der Waals surface area contributed by atoms with Gasteiger partial charge in [-0.1, -0.05) is 30.3 Å². The van der Waals surface area contributed by atoms with E-state index in [1.165, 1.54) is 5.39 Å². The normalized spacial score (nSPS) is 19.0. The third-order valence-electron chi connectivity index (χ3n) is 3.98. The van der Waals surface area contributed by atoms with E-state index in [1.807, 2.05) is 18.2 Å². The van der Waals surface area contributed by atoms with Crippen molar-refractivity contribution in [3.63, 3.8) is 0 Å². The molecule has 0 bridgehead atoms. The van der Waals surface area contributed by atoms with Crippen LogP contribution in [-0.4, -0.2) is 36.3 Å². The summed E-state index contributed by atoms with van der Waals surface area (Å²) >= 11 is 0. The van der Waals surface area contributed by atoms with Gasteiger partial charge in [0.2, 0.25) is 0 Å². The van der Waals surface area contributed by atoms with Crippen molar-refractivity contribution < 1.29 is 9.84 Å².